The topological polar surface area (TPSA) is 4.93 Å². The van der Waals surface area contributed by atoms with Gasteiger partial charge in [-0.3, -0.25) is 0 Å². The van der Waals surface area contributed by atoms with Gasteiger partial charge in [0.2, 0.25) is 0 Å². The highest BCUT2D eigenvalue weighted by molar-refractivity contribution is 6.12. The fraction of sp³-hybridized carbons (Fsp3) is 0.111. The van der Waals surface area contributed by atoms with E-state index in [1.54, 1.807) is 0 Å². The van der Waals surface area contributed by atoms with E-state index in [1.807, 2.05) is 0 Å². The van der Waals surface area contributed by atoms with E-state index in [-0.39, 0.29) is 0 Å². The van der Waals surface area contributed by atoms with Gasteiger partial charge in [0.15, 0.2) is 0 Å². The third-order valence-electron chi connectivity index (χ3n) is 5.78. The van der Waals surface area contributed by atoms with Gasteiger partial charge in [-0.15, -0.1) is 0 Å². The Kier molecular flexibility index (Phi) is 3.84. The number of fused-ring (bicyclic) bond motifs is 3. The minimum absolute atomic E-state index is 1.26. The number of nitrogens with zero attached hydrogens (tertiary/aromatic N) is 1. The molecule has 1 heterocycles. The van der Waals surface area contributed by atoms with Gasteiger partial charge in [-0.05, 0) is 71.5 Å². The summed E-state index contributed by atoms with van der Waals surface area (Å²) in [5, 5.41) is 2.66. The molecule has 0 aliphatic rings. The molecule has 28 heavy (non-hydrogen) atoms. The van der Waals surface area contributed by atoms with Gasteiger partial charge in [0.05, 0.1) is 11.0 Å². The molecule has 0 saturated carbocycles. The van der Waals surface area contributed by atoms with E-state index in [9.17, 15) is 0 Å². The van der Waals surface area contributed by atoms with Gasteiger partial charge in [-0.1, -0.05) is 60.7 Å². The van der Waals surface area contributed by atoms with Crippen molar-refractivity contribution in [3.63, 3.8) is 0 Å². The molecule has 0 spiro atoms. The quantitative estimate of drug-likeness (QED) is 0.311. The molecule has 4 aromatic carbocycles. The van der Waals surface area contributed by atoms with Crippen LogP contribution in [0.4, 0.5) is 0 Å². The zero-order chi connectivity index (χ0) is 19.3. The van der Waals surface area contributed by atoms with Gasteiger partial charge in [0.1, 0.15) is 0 Å². The van der Waals surface area contributed by atoms with Gasteiger partial charge in [0.25, 0.3) is 0 Å². The lowest BCUT2D eigenvalue weighted by Gasteiger charge is -2.07. The van der Waals surface area contributed by atoms with Crippen LogP contribution in [-0.4, -0.2) is 4.57 Å². The highest BCUT2D eigenvalue weighted by atomic mass is 14.9. The van der Waals surface area contributed by atoms with Gasteiger partial charge < -0.3 is 4.57 Å². The second-order valence-electron chi connectivity index (χ2n) is 7.67. The van der Waals surface area contributed by atoms with Crippen LogP contribution in [0.15, 0.2) is 84.9 Å². The van der Waals surface area contributed by atoms with Crippen molar-refractivity contribution in [2.75, 3.05) is 0 Å². The summed E-state index contributed by atoms with van der Waals surface area (Å²) in [6, 6.07) is 30.6. The van der Waals surface area contributed by atoms with E-state index in [0.717, 1.165) is 0 Å². The summed E-state index contributed by atoms with van der Waals surface area (Å²) in [5.74, 6) is 0. The molecular formula is C27H23N. The molecule has 0 aliphatic carbocycles. The molecule has 0 fully saturated rings. The number of aromatic nitrogens is 1. The highest BCUT2D eigenvalue weighted by Crippen LogP contribution is 2.37. The average Bonchev–Trinajstić information content (AvgIpc) is 3.02. The predicted molar refractivity (Wildman–Crippen MR) is 121 cm³/mol. The molecule has 136 valence electrons. The average molecular weight is 361 g/mol. The third-order valence-corrected chi connectivity index (χ3v) is 5.78. The minimum atomic E-state index is 1.26. The maximum Gasteiger partial charge on any atom is 0.0518 e. The molecule has 0 bridgehead atoms. The fourth-order valence-corrected chi connectivity index (χ4v) is 4.57. The van der Waals surface area contributed by atoms with Crippen LogP contribution in [0.3, 0.4) is 0 Å². The van der Waals surface area contributed by atoms with Crippen LogP contribution in [0.1, 0.15) is 11.1 Å². The first-order chi connectivity index (χ1) is 13.6. The Labute approximate surface area is 165 Å². The lowest BCUT2D eigenvalue weighted by molar-refractivity contribution is 1.00. The molecule has 0 saturated heterocycles. The van der Waals surface area contributed by atoms with Crippen LogP contribution in [-0.2, 0) is 7.05 Å². The summed E-state index contributed by atoms with van der Waals surface area (Å²) in [5.41, 5.74) is 10.4. The molecule has 5 aromatic rings. The Morgan fingerprint density at radius 3 is 1.29 bits per heavy atom. The first-order valence-electron chi connectivity index (χ1n) is 9.78. The molecule has 0 unspecified atom stereocenters. The smallest absolute Gasteiger partial charge is 0.0518 e. The summed E-state index contributed by atoms with van der Waals surface area (Å²) in [7, 11) is 2.19. The van der Waals surface area contributed by atoms with Crippen LogP contribution >= 0.6 is 0 Å². The Hall–Kier alpha value is -3.32. The Bertz CT molecular complexity index is 1210. The van der Waals surface area contributed by atoms with E-state index in [0.29, 0.717) is 0 Å². The Morgan fingerprint density at radius 1 is 0.500 bits per heavy atom. The molecule has 0 aliphatic heterocycles. The zero-order valence-corrected chi connectivity index (χ0v) is 16.5. The predicted octanol–water partition coefficient (Wildman–Crippen LogP) is 7.28. The van der Waals surface area contributed by atoms with Crippen molar-refractivity contribution in [2.24, 2.45) is 7.05 Å². The van der Waals surface area contributed by atoms with Crippen LogP contribution in [0.25, 0.3) is 44.1 Å². The van der Waals surface area contributed by atoms with E-state index in [1.165, 1.54) is 55.2 Å². The van der Waals surface area contributed by atoms with Crippen molar-refractivity contribution in [1.82, 2.24) is 4.57 Å². The first-order valence-corrected chi connectivity index (χ1v) is 9.78. The lowest BCUT2D eigenvalue weighted by Crippen LogP contribution is -1.92. The summed E-state index contributed by atoms with van der Waals surface area (Å²) < 4.78 is 2.36. The number of benzene rings is 4. The van der Waals surface area contributed by atoms with E-state index < -0.39 is 0 Å². The maximum atomic E-state index is 2.36. The Balaban J connectivity index is 1.86. The molecule has 0 N–H and O–H groups in total. The SMILES string of the molecule is Cc1cc(-c2ccccc2)cc2c3cc(-c4ccccc4)cc(C)c3n(C)c12. The molecule has 0 atom stereocenters. The molecule has 5 rings (SSSR count). The maximum absolute atomic E-state index is 2.36. The number of aryl methyl sites for hydroxylation is 3. The van der Waals surface area contributed by atoms with Crippen molar-refractivity contribution in [3.05, 3.63) is 96.1 Å². The molecule has 1 aromatic heterocycles. The lowest BCUT2D eigenvalue weighted by atomic mass is 9.97. The normalized spacial score (nSPS) is 11.4. The summed E-state index contributed by atoms with van der Waals surface area (Å²) in [4.78, 5) is 0. The van der Waals surface area contributed by atoms with Crippen molar-refractivity contribution in [2.45, 2.75) is 13.8 Å². The largest absolute Gasteiger partial charge is 0.343 e. The number of hydrogen-bond acceptors (Lipinski definition) is 0. The molecule has 0 radical (unpaired) electrons. The first kappa shape index (κ1) is 16.8. The second-order valence-corrected chi connectivity index (χ2v) is 7.67. The molecule has 1 heteroatoms. The summed E-state index contributed by atoms with van der Waals surface area (Å²) in [6.45, 7) is 4.45. The molecule has 0 amide bonds. The van der Waals surface area contributed by atoms with Crippen molar-refractivity contribution in [3.8, 4) is 22.3 Å². The van der Waals surface area contributed by atoms with E-state index >= 15 is 0 Å². The van der Waals surface area contributed by atoms with E-state index in [2.05, 4.69) is 110 Å². The monoisotopic (exact) mass is 361 g/mol. The minimum Gasteiger partial charge on any atom is -0.343 e. The zero-order valence-electron chi connectivity index (χ0n) is 16.5. The number of hydrogen-bond donors (Lipinski definition) is 0. The van der Waals surface area contributed by atoms with Gasteiger partial charge in [-0.2, -0.15) is 0 Å². The summed E-state index contributed by atoms with van der Waals surface area (Å²) in [6.07, 6.45) is 0. The van der Waals surface area contributed by atoms with Crippen LogP contribution < -0.4 is 0 Å². The van der Waals surface area contributed by atoms with Crippen molar-refractivity contribution < 1.29 is 0 Å². The van der Waals surface area contributed by atoms with E-state index in [4.69, 9.17) is 0 Å². The van der Waals surface area contributed by atoms with Gasteiger partial charge in [-0.25, -0.2) is 0 Å². The molecular weight excluding hydrogens is 338 g/mol. The second kappa shape index (κ2) is 6.38. The third kappa shape index (κ3) is 2.55. The Morgan fingerprint density at radius 2 is 0.893 bits per heavy atom. The van der Waals surface area contributed by atoms with Gasteiger partial charge >= 0.3 is 0 Å². The van der Waals surface area contributed by atoms with Crippen LogP contribution in [0.2, 0.25) is 0 Å². The van der Waals surface area contributed by atoms with Crippen LogP contribution in [0.5, 0.6) is 0 Å². The molecule has 1 nitrogen and oxygen atoms in total. The number of rotatable bonds is 2. The highest BCUT2D eigenvalue weighted by Gasteiger charge is 2.15. The van der Waals surface area contributed by atoms with Gasteiger partial charge in [0, 0.05) is 17.8 Å². The van der Waals surface area contributed by atoms with Crippen molar-refractivity contribution in [1.29, 1.82) is 0 Å². The van der Waals surface area contributed by atoms with Crippen molar-refractivity contribution >= 4 is 21.8 Å². The summed E-state index contributed by atoms with van der Waals surface area (Å²) >= 11 is 0. The van der Waals surface area contributed by atoms with Crippen LogP contribution in [0, 0.1) is 13.8 Å². The fourth-order valence-electron chi connectivity index (χ4n) is 4.57. The standard InChI is InChI=1S/C27H23N/c1-18-14-22(20-10-6-4-7-11-20)16-24-25-17-23(21-12-8-5-9-13-21)15-19(2)27(25)28(3)26(18)24/h4-17H,1-3H3.